The number of anilines is 1. The first-order valence-corrected chi connectivity index (χ1v) is 6.63. The molecule has 1 fully saturated rings. The average molecular weight is 264 g/mol. The van der Waals surface area contributed by atoms with Gasteiger partial charge in [-0.3, -0.25) is 15.0 Å². The van der Waals surface area contributed by atoms with Crippen molar-refractivity contribution in [2.45, 2.75) is 25.8 Å². The third kappa shape index (κ3) is 3.71. The summed E-state index contributed by atoms with van der Waals surface area (Å²) in [5.74, 6) is 0.627. The van der Waals surface area contributed by atoms with Crippen molar-refractivity contribution in [1.29, 1.82) is 0 Å². The van der Waals surface area contributed by atoms with E-state index in [0.29, 0.717) is 11.9 Å². The van der Waals surface area contributed by atoms with E-state index in [1.807, 2.05) is 6.92 Å². The van der Waals surface area contributed by atoms with Crippen LogP contribution in [0.1, 0.15) is 19.8 Å². The highest BCUT2D eigenvalue weighted by Crippen LogP contribution is 2.18. The lowest BCUT2D eigenvalue weighted by Gasteiger charge is -2.34. The third-order valence-corrected chi connectivity index (χ3v) is 3.64. The van der Waals surface area contributed by atoms with E-state index in [2.05, 4.69) is 20.2 Å². The van der Waals surface area contributed by atoms with Crippen molar-refractivity contribution in [3.63, 3.8) is 0 Å². The molecule has 0 radical (unpaired) electrons. The van der Waals surface area contributed by atoms with E-state index in [-0.39, 0.29) is 18.6 Å². The number of aliphatic hydroxyl groups excluding tert-OH is 1. The van der Waals surface area contributed by atoms with Gasteiger partial charge in [0.25, 0.3) is 0 Å². The second-order valence-corrected chi connectivity index (χ2v) is 4.90. The van der Waals surface area contributed by atoms with Crippen LogP contribution in [0.5, 0.6) is 0 Å². The van der Waals surface area contributed by atoms with Crippen LogP contribution in [-0.4, -0.2) is 51.6 Å². The summed E-state index contributed by atoms with van der Waals surface area (Å²) in [5, 5.41) is 11.8. The average Bonchev–Trinajstić information content (AvgIpc) is 2.47. The Morgan fingerprint density at radius 2 is 2.11 bits per heavy atom. The van der Waals surface area contributed by atoms with E-state index in [4.69, 9.17) is 5.11 Å². The molecule has 19 heavy (non-hydrogen) atoms. The van der Waals surface area contributed by atoms with Gasteiger partial charge in [-0.15, -0.1) is 0 Å². The molecule has 1 aromatic heterocycles. The number of rotatable bonds is 4. The van der Waals surface area contributed by atoms with Crippen molar-refractivity contribution in [2.75, 3.05) is 25.0 Å². The van der Waals surface area contributed by atoms with E-state index in [1.165, 1.54) is 0 Å². The molecular weight excluding hydrogens is 244 g/mol. The molecule has 1 atom stereocenters. The van der Waals surface area contributed by atoms with Gasteiger partial charge in [0.05, 0.1) is 6.04 Å². The first-order valence-electron chi connectivity index (χ1n) is 6.63. The Kier molecular flexibility index (Phi) is 4.81. The lowest BCUT2D eigenvalue weighted by atomic mass is 9.97. The maximum Gasteiger partial charge on any atom is 0.243 e. The summed E-state index contributed by atoms with van der Waals surface area (Å²) < 4.78 is 0. The Bertz CT molecular complexity index is 404. The van der Waals surface area contributed by atoms with Gasteiger partial charge in [-0.25, -0.2) is 9.97 Å². The molecule has 0 bridgehead atoms. The minimum atomic E-state index is -0.205. The Labute approximate surface area is 112 Å². The number of nitrogens with zero attached hydrogens (tertiary/aromatic N) is 3. The molecule has 0 spiro atoms. The summed E-state index contributed by atoms with van der Waals surface area (Å²) in [5.41, 5.74) is 0. The van der Waals surface area contributed by atoms with Crippen molar-refractivity contribution in [3.05, 3.63) is 18.5 Å². The number of hydrogen-bond acceptors (Lipinski definition) is 5. The summed E-state index contributed by atoms with van der Waals surface area (Å²) in [7, 11) is 0. The van der Waals surface area contributed by atoms with Gasteiger partial charge < -0.3 is 5.11 Å². The normalized spacial score (nSPS) is 19.1. The lowest BCUT2D eigenvalue weighted by Crippen LogP contribution is -2.46. The molecule has 6 nitrogen and oxygen atoms in total. The van der Waals surface area contributed by atoms with Crippen LogP contribution in [0, 0.1) is 5.92 Å². The monoisotopic (exact) mass is 264 g/mol. The number of amides is 1. The summed E-state index contributed by atoms with van der Waals surface area (Å²) in [4.78, 5) is 22.2. The number of hydrogen-bond donors (Lipinski definition) is 2. The van der Waals surface area contributed by atoms with E-state index in [0.717, 1.165) is 25.9 Å². The highest BCUT2D eigenvalue weighted by Gasteiger charge is 2.26. The zero-order valence-corrected chi connectivity index (χ0v) is 11.1. The van der Waals surface area contributed by atoms with Crippen LogP contribution >= 0.6 is 0 Å². The molecule has 1 unspecified atom stereocenters. The minimum Gasteiger partial charge on any atom is -0.396 e. The maximum atomic E-state index is 12.1. The molecule has 0 aliphatic carbocycles. The molecule has 6 heteroatoms. The van der Waals surface area contributed by atoms with Gasteiger partial charge in [-0.2, -0.15) is 0 Å². The highest BCUT2D eigenvalue weighted by atomic mass is 16.3. The number of aliphatic hydroxyl groups is 1. The number of aromatic nitrogens is 2. The van der Waals surface area contributed by atoms with Crippen LogP contribution in [0.15, 0.2) is 18.5 Å². The predicted molar refractivity (Wildman–Crippen MR) is 71.5 cm³/mol. The first-order chi connectivity index (χ1) is 9.20. The van der Waals surface area contributed by atoms with Crippen molar-refractivity contribution in [3.8, 4) is 0 Å². The zero-order chi connectivity index (χ0) is 13.7. The molecule has 0 aromatic carbocycles. The fourth-order valence-electron chi connectivity index (χ4n) is 2.27. The zero-order valence-electron chi connectivity index (χ0n) is 11.1. The van der Waals surface area contributed by atoms with Gasteiger partial charge >= 0.3 is 0 Å². The van der Waals surface area contributed by atoms with Crippen LogP contribution in [0.3, 0.4) is 0 Å². The second kappa shape index (κ2) is 6.58. The maximum absolute atomic E-state index is 12.1. The Balaban J connectivity index is 1.86. The highest BCUT2D eigenvalue weighted by molar-refractivity contribution is 5.93. The summed E-state index contributed by atoms with van der Waals surface area (Å²) in [6.07, 6.45) is 5.08. The van der Waals surface area contributed by atoms with Gasteiger partial charge in [0.1, 0.15) is 0 Å². The molecular formula is C13H20N4O2. The van der Waals surface area contributed by atoms with Crippen LogP contribution in [0.2, 0.25) is 0 Å². The van der Waals surface area contributed by atoms with Crippen molar-refractivity contribution in [1.82, 2.24) is 14.9 Å². The molecule has 2 rings (SSSR count). The topological polar surface area (TPSA) is 78.4 Å². The van der Waals surface area contributed by atoms with Crippen LogP contribution in [0.25, 0.3) is 0 Å². The molecule has 104 valence electrons. The van der Waals surface area contributed by atoms with Gasteiger partial charge in [-0.05, 0) is 44.8 Å². The van der Waals surface area contributed by atoms with E-state index in [1.54, 1.807) is 18.5 Å². The number of piperidine rings is 1. The fourth-order valence-corrected chi connectivity index (χ4v) is 2.27. The quantitative estimate of drug-likeness (QED) is 0.828. The Morgan fingerprint density at radius 1 is 1.47 bits per heavy atom. The number of carbonyl (C=O) groups excluding carboxylic acids is 1. The molecule has 2 N–H and O–H groups in total. The smallest absolute Gasteiger partial charge is 0.243 e. The number of likely N-dealkylation sites (tertiary alicyclic amines) is 1. The second-order valence-electron chi connectivity index (χ2n) is 4.90. The minimum absolute atomic E-state index is 0.0892. The van der Waals surface area contributed by atoms with Crippen molar-refractivity contribution in [2.24, 2.45) is 5.92 Å². The fraction of sp³-hybridized carbons (Fsp3) is 0.615. The summed E-state index contributed by atoms with van der Waals surface area (Å²) >= 11 is 0. The first kappa shape index (κ1) is 13.9. The Hall–Kier alpha value is -1.53. The summed E-state index contributed by atoms with van der Waals surface area (Å²) in [6.45, 7) is 3.81. The van der Waals surface area contributed by atoms with Crippen LogP contribution < -0.4 is 5.32 Å². The van der Waals surface area contributed by atoms with Crippen molar-refractivity contribution < 1.29 is 9.90 Å². The SMILES string of the molecule is CC(C(=O)Nc1ncccn1)N1CCC(CO)CC1. The van der Waals surface area contributed by atoms with Gasteiger partial charge in [0.2, 0.25) is 11.9 Å². The molecule has 0 saturated carbocycles. The van der Waals surface area contributed by atoms with E-state index < -0.39 is 0 Å². The van der Waals surface area contributed by atoms with E-state index in [9.17, 15) is 4.79 Å². The molecule has 1 amide bonds. The molecule has 2 heterocycles. The molecule has 1 aliphatic rings. The summed E-state index contributed by atoms with van der Waals surface area (Å²) in [6, 6.07) is 1.50. The Morgan fingerprint density at radius 3 is 2.68 bits per heavy atom. The predicted octanol–water partition coefficient (Wildman–Crippen LogP) is 0.508. The third-order valence-electron chi connectivity index (χ3n) is 3.64. The standard InChI is InChI=1S/C13H20N4O2/c1-10(17-7-3-11(9-18)4-8-17)12(19)16-13-14-5-2-6-15-13/h2,5-6,10-11,18H,3-4,7-9H2,1H3,(H,14,15,16,19). The lowest BCUT2D eigenvalue weighted by molar-refractivity contribution is -0.121. The van der Waals surface area contributed by atoms with Crippen LogP contribution in [0.4, 0.5) is 5.95 Å². The van der Waals surface area contributed by atoms with Gasteiger partial charge in [-0.1, -0.05) is 0 Å². The van der Waals surface area contributed by atoms with Crippen LogP contribution in [-0.2, 0) is 4.79 Å². The largest absolute Gasteiger partial charge is 0.396 e. The van der Waals surface area contributed by atoms with Gasteiger partial charge in [0, 0.05) is 19.0 Å². The van der Waals surface area contributed by atoms with E-state index >= 15 is 0 Å². The molecule has 1 aromatic rings. The molecule has 1 saturated heterocycles. The van der Waals surface area contributed by atoms with Crippen molar-refractivity contribution >= 4 is 11.9 Å². The molecule has 1 aliphatic heterocycles. The number of carbonyl (C=O) groups is 1. The van der Waals surface area contributed by atoms with Gasteiger partial charge in [0.15, 0.2) is 0 Å². The number of nitrogens with one attached hydrogen (secondary N) is 1.